The van der Waals surface area contributed by atoms with Crippen molar-refractivity contribution in [3.63, 3.8) is 0 Å². The standard InChI is InChI=1S/C11H17N3O3/c12-6-2-1-3-10(13)9-7-8(14(16)17)4-5-11(9)15/h4-5,7,10,15H,1-3,6,12-13H2/t10-/m1/s1. The minimum atomic E-state index is -0.504. The molecular formula is C11H17N3O3. The average molecular weight is 239 g/mol. The monoisotopic (exact) mass is 239 g/mol. The lowest BCUT2D eigenvalue weighted by molar-refractivity contribution is -0.385. The zero-order valence-corrected chi connectivity index (χ0v) is 9.50. The Hall–Kier alpha value is -1.66. The fraction of sp³-hybridized carbons (Fsp3) is 0.455. The quantitative estimate of drug-likeness (QED) is 0.394. The van der Waals surface area contributed by atoms with Crippen LogP contribution in [0, 0.1) is 10.1 Å². The molecule has 1 atom stereocenters. The zero-order chi connectivity index (χ0) is 12.8. The van der Waals surface area contributed by atoms with Crippen LogP contribution in [0.1, 0.15) is 30.9 Å². The van der Waals surface area contributed by atoms with E-state index in [0.717, 1.165) is 12.8 Å². The molecule has 0 aromatic heterocycles. The molecule has 0 aliphatic heterocycles. The van der Waals surface area contributed by atoms with Gasteiger partial charge in [0.05, 0.1) is 4.92 Å². The molecule has 0 spiro atoms. The normalized spacial score (nSPS) is 12.4. The third-order valence-corrected chi connectivity index (χ3v) is 2.59. The van der Waals surface area contributed by atoms with Crippen LogP contribution in [0.25, 0.3) is 0 Å². The van der Waals surface area contributed by atoms with E-state index in [1.54, 1.807) is 0 Å². The summed E-state index contributed by atoms with van der Waals surface area (Å²) in [6, 6.07) is 3.48. The fourth-order valence-electron chi connectivity index (χ4n) is 1.62. The van der Waals surface area contributed by atoms with Gasteiger partial charge in [-0.25, -0.2) is 0 Å². The Bertz CT molecular complexity index is 396. The summed E-state index contributed by atoms with van der Waals surface area (Å²) >= 11 is 0. The van der Waals surface area contributed by atoms with E-state index in [9.17, 15) is 15.2 Å². The molecule has 6 nitrogen and oxygen atoms in total. The Kier molecular flexibility index (Phi) is 4.86. The highest BCUT2D eigenvalue weighted by atomic mass is 16.6. The van der Waals surface area contributed by atoms with E-state index in [1.807, 2.05) is 0 Å². The molecule has 17 heavy (non-hydrogen) atoms. The molecule has 0 radical (unpaired) electrons. The molecule has 0 heterocycles. The number of aromatic hydroxyl groups is 1. The summed E-state index contributed by atoms with van der Waals surface area (Å²) in [6.07, 6.45) is 2.33. The summed E-state index contributed by atoms with van der Waals surface area (Å²) < 4.78 is 0. The number of nitrogens with two attached hydrogens (primary N) is 2. The van der Waals surface area contributed by atoms with E-state index < -0.39 is 11.0 Å². The number of phenols is 1. The lowest BCUT2D eigenvalue weighted by atomic mass is 10.0. The van der Waals surface area contributed by atoms with Crippen LogP contribution in [0.2, 0.25) is 0 Å². The predicted octanol–water partition coefficient (Wildman–Crippen LogP) is 1.43. The van der Waals surface area contributed by atoms with Gasteiger partial charge in [0.15, 0.2) is 0 Å². The third-order valence-electron chi connectivity index (χ3n) is 2.59. The zero-order valence-electron chi connectivity index (χ0n) is 9.50. The first-order valence-corrected chi connectivity index (χ1v) is 5.49. The second-order valence-corrected chi connectivity index (χ2v) is 3.89. The summed E-state index contributed by atoms with van der Waals surface area (Å²) in [7, 11) is 0. The third kappa shape index (κ3) is 3.69. The number of non-ortho nitro benzene ring substituents is 1. The van der Waals surface area contributed by atoms with E-state index >= 15 is 0 Å². The van der Waals surface area contributed by atoms with E-state index in [4.69, 9.17) is 11.5 Å². The lowest BCUT2D eigenvalue weighted by Gasteiger charge is -2.13. The number of rotatable bonds is 6. The summed E-state index contributed by atoms with van der Waals surface area (Å²) in [5, 5.41) is 20.2. The van der Waals surface area contributed by atoms with Crippen LogP contribution < -0.4 is 11.5 Å². The number of nitrogens with zero attached hydrogens (tertiary/aromatic N) is 1. The molecule has 0 aliphatic rings. The Balaban J connectivity index is 2.80. The number of hydrogen-bond donors (Lipinski definition) is 3. The van der Waals surface area contributed by atoms with Crippen molar-refractivity contribution in [3.05, 3.63) is 33.9 Å². The first-order chi connectivity index (χ1) is 8.06. The highest BCUT2D eigenvalue weighted by molar-refractivity contribution is 5.44. The van der Waals surface area contributed by atoms with Crippen molar-refractivity contribution in [1.82, 2.24) is 0 Å². The van der Waals surface area contributed by atoms with E-state index in [-0.39, 0.29) is 11.4 Å². The second-order valence-electron chi connectivity index (χ2n) is 3.89. The van der Waals surface area contributed by atoms with Gasteiger partial charge in [0.2, 0.25) is 0 Å². The van der Waals surface area contributed by atoms with E-state index in [1.165, 1.54) is 18.2 Å². The maximum absolute atomic E-state index is 10.6. The summed E-state index contributed by atoms with van der Waals surface area (Å²) in [5.74, 6) is -0.00384. The number of hydrogen-bond acceptors (Lipinski definition) is 5. The second kappa shape index (κ2) is 6.17. The van der Waals surface area contributed by atoms with Crippen molar-refractivity contribution < 1.29 is 10.0 Å². The fourth-order valence-corrected chi connectivity index (χ4v) is 1.62. The molecule has 0 saturated heterocycles. The van der Waals surface area contributed by atoms with E-state index in [0.29, 0.717) is 18.5 Å². The van der Waals surface area contributed by atoms with Gasteiger partial charge in [-0.1, -0.05) is 6.42 Å². The average Bonchev–Trinajstić information content (AvgIpc) is 2.29. The van der Waals surface area contributed by atoms with Crippen molar-refractivity contribution in [2.24, 2.45) is 11.5 Å². The van der Waals surface area contributed by atoms with Crippen molar-refractivity contribution in [2.75, 3.05) is 6.54 Å². The van der Waals surface area contributed by atoms with E-state index in [2.05, 4.69) is 0 Å². The van der Waals surface area contributed by atoms with Crippen LogP contribution in [0.3, 0.4) is 0 Å². The van der Waals surface area contributed by atoms with Gasteiger partial charge >= 0.3 is 0 Å². The van der Waals surface area contributed by atoms with Crippen molar-refractivity contribution in [2.45, 2.75) is 25.3 Å². The molecule has 0 bridgehead atoms. The largest absolute Gasteiger partial charge is 0.508 e. The number of phenolic OH excluding ortho intramolecular Hbond substituents is 1. The van der Waals surface area contributed by atoms with Gasteiger partial charge in [-0.15, -0.1) is 0 Å². The Morgan fingerprint density at radius 1 is 1.41 bits per heavy atom. The molecule has 5 N–H and O–H groups in total. The van der Waals surface area contributed by atoms with Crippen LogP contribution in [-0.2, 0) is 0 Å². The summed E-state index contributed by atoms with van der Waals surface area (Å²) in [6.45, 7) is 0.591. The Morgan fingerprint density at radius 3 is 2.71 bits per heavy atom. The minimum absolute atomic E-state index is 0.00384. The lowest BCUT2D eigenvalue weighted by Crippen LogP contribution is -2.11. The van der Waals surface area contributed by atoms with Gasteiger partial charge in [-0.05, 0) is 25.5 Å². The van der Waals surface area contributed by atoms with Crippen LogP contribution in [-0.4, -0.2) is 16.6 Å². The van der Waals surface area contributed by atoms with Crippen molar-refractivity contribution in [3.8, 4) is 5.75 Å². The molecule has 0 saturated carbocycles. The molecule has 0 amide bonds. The van der Waals surface area contributed by atoms with Crippen LogP contribution in [0.5, 0.6) is 5.75 Å². The maximum atomic E-state index is 10.6. The van der Waals surface area contributed by atoms with Crippen LogP contribution in [0.4, 0.5) is 5.69 Å². The molecule has 0 unspecified atom stereocenters. The molecule has 1 aromatic rings. The first kappa shape index (κ1) is 13.4. The molecule has 0 fully saturated rings. The highest BCUT2D eigenvalue weighted by Crippen LogP contribution is 2.29. The van der Waals surface area contributed by atoms with Gasteiger partial charge in [0, 0.05) is 23.7 Å². The number of benzene rings is 1. The maximum Gasteiger partial charge on any atom is 0.270 e. The first-order valence-electron chi connectivity index (χ1n) is 5.49. The predicted molar refractivity (Wildman–Crippen MR) is 64.6 cm³/mol. The highest BCUT2D eigenvalue weighted by Gasteiger charge is 2.15. The summed E-state index contributed by atoms with van der Waals surface area (Å²) in [4.78, 5) is 10.1. The SMILES string of the molecule is NCCCC[C@@H](N)c1cc([N+](=O)[O-])ccc1O. The Labute approximate surface area is 99.4 Å². The van der Waals surface area contributed by atoms with Crippen molar-refractivity contribution in [1.29, 1.82) is 0 Å². The molecule has 94 valence electrons. The van der Waals surface area contributed by atoms with Crippen molar-refractivity contribution >= 4 is 5.69 Å². The van der Waals surface area contributed by atoms with Gasteiger partial charge in [-0.2, -0.15) is 0 Å². The van der Waals surface area contributed by atoms with Gasteiger partial charge in [0.1, 0.15) is 5.75 Å². The number of nitro groups is 1. The molecule has 1 aromatic carbocycles. The van der Waals surface area contributed by atoms with Crippen LogP contribution in [0.15, 0.2) is 18.2 Å². The Morgan fingerprint density at radius 2 is 2.12 bits per heavy atom. The number of nitro benzene ring substituents is 1. The molecule has 1 rings (SSSR count). The molecular weight excluding hydrogens is 222 g/mol. The number of unbranched alkanes of at least 4 members (excludes halogenated alkanes) is 1. The van der Waals surface area contributed by atoms with Gasteiger partial charge in [-0.3, -0.25) is 10.1 Å². The smallest absolute Gasteiger partial charge is 0.270 e. The topological polar surface area (TPSA) is 115 Å². The minimum Gasteiger partial charge on any atom is -0.508 e. The molecule has 0 aliphatic carbocycles. The van der Waals surface area contributed by atoms with Crippen LogP contribution >= 0.6 is 0 Å². The molecule has 6 heteroatoms. The van der Waals surface area contributed by atoms with Gasteiger partial charge < -0.3 is 16.6 Å². The summed E-state index contributed by atoms with van der Waals surface area (Å²) in [5.41, 5.74) is 11.6. The van der Waals surface area contributed by atoms with Gasteiger partial charge in [0.25, 0.3) is 5.69 Å².